The lowest BCUT2D eigenvalue weighted by Gasteiger charge is -2.13. The van der Waals surface area contributed by atoms with E-state index < -0.39 is 10.0 Å². The second-order valence-corrected chi connectivity index (χ2v) is 7.90. The van der Waals surface area contributed by atoms with Gasteiger partial charge in [0.05, 0.1) is 4.90 Å². The van der Waals surface area contributed by atoms with E-state index in [9.17, 15) is 13.2 Å². The van der Waals surface area contributed by atoms with Crippen LogP contribution in [0.1, 0.15) is 35.9 Å². The lowest BCUT2D eigenvalue weighted by atomic mass is 10.2. The highest BCUT2D eigenvalue weighted by molar-refractivity contribution is 9.10. The van der Waals surface area contributed by atoms with Gasteiger partial charge in [-0.05, 0) is 53.5 Å². The van der Waals surface area contributed by atoms with E-state index in [0.717, 1.165) is 4.47 Å². The number of nitrogens with zero attached hydrogens (tertiary/aromatic N) is 1. The normalized spacial score (nSPS) is 11.7. The molecule has 0 fully saturated rings. The number of aromatic nitrogens is 1. The lowest BCUT2D eigenvalue weighted by molar-refractivity contribution is 0.0940. The van der Waals surface area contributed by atoms with Gasteiger partial charge in [-0.2, -0.15) is 0 Å². The monoisotopic (exact) mass is 399 g/mol. The predicted molar refractivity (Wildman–Crippen MR) is 91.5 cm³/mol. The van der Waals surface area contributed by atoms with Gasteiger partial charge in [0.15, 0.2) is 0 Å². The Morgan fingerprint density at radius 3 is 2.65 bits per heavy atom. The van der Waals surface area contributed by atoms with Crippen molar-refractivity contribution in [3.63, 3.8) is 0 Å². The summed E-state index contributed by atoms with van der Waals surface area (Å²) in [4.78, 5) is 12.4. The average Bonchev–Trinajstić information content (AvgIpc) is 2.86. The van der Waals surface area contributed by atoms with Crippen molar-refractivity contribution >= 4 is 31.9 Å². The minimum Gasteiger partial charge on any atom is -0.347 e. The van der Waals surface area contributed by atoms with Crippen LogP contribution in [-0.2, 0) is 16.6 Å². The van der Waals surface area contributed by atoms with Gasteiger partial charge in [-0.1, -0.05) is 12.1 Å². The molecular formula is C15H18BrN3O3S. The Morgan fingerprint density at radius 2 is 2.04 bits per heavy atom. The zero-order valence-corrected chi connectivity index (χ0v) is 15.2. The molecule has 0 aliphatic rings. The highest BCUT2D eigenvalue weighted by Crippen LogP contribution is 2.19. The molecule has 1 amide bonds. The number of halogens is 1. The van der Waals surface area contributed by atoms with E-state index in [0.29, 0.717) is 11.3 Å². The van der Waals surface area contributed by atoms with Gasteiger partial charge in [-0.15, -0.1) is 0 Å². The number of sulfonamides is 1. The predicted octanol–water partition coefficient (Wildman–Crippen LogP) is 2.41. The minimum absolute atomic E-state index is 0.0255. The highest BCUT2D eigenvalue weighted by atomic mass is 79.9. The summed E-state index contributed by atoms with van der Waals surface area (Å²) in [5.74, 6) is -0.231. The zero-order chi connectivity index (χ0) is 17.2. The molecule has 0 saturated heterocycles. The van der Waals surface area contributed by atoms with Crippen molar-refractivity contribution in [3.05, 3.63) is 52.3 Å². The number of benzene rings is 1. The maximum atomic E-state index is 12.3. The molecule has 0 spiro atoms. The van der Waals surface area contributed by atoms with Crippen LogP contribution in [0.2, 0.25) is 0 Å². The van der Waals surface area contributed by atoms with Crippen LogP contribution in [0.5, 0.6) is 0 Å². The Bertz CT molecular complexity index is 828. The second-order valence-electron chi connectivity index (χ2n) is 5.42. The van der Waals surface area contributed by atoms with E-state index in [1.54, 1.807) is 18.2 Å². The largest absolute Gasteiger partial charge is 0.347 e. The fourth-order valence-corrected chi connectivity index (χ4v) is 3.18. The van der Waals surface area contributed by atoms with Crippen molar-refractivity contribution < 1.29 is 13.2 Å². The third kappa shape index (κ3) is 4.43. The average molecular weight is 400 g/mol. The van der Waals surface area contributed by atoms with Crippen molar-refractivity contribution in [1.82, 2.24) is 9.88 Å². The van der Waals surface area contributed by atoms with Gasteiger partial charge in [0, 0.05) is 23.3 Å². The van der Waals surface area contributed by atoms with Crippen LogP contribution >= 0.6 is 15.9 Å². The van der Waals surface area contributed by atoms with E-state index in [1.165, 1.54) is 12.1 Å². The first-order valence-corrected chi connectivity index (χ1v) is 9.29. The van der Waals surface area contributed by atoms with Crippen LogP contribution in [0.3, 0.4) is 0 Å². The Kier molecular flexibility index (Phi) is 5.28. The SMILES string of the molecule is CC(C)n1cc(Br)cc1C(=O)NCc1cccc(S(N)(=O)=O)c1. The summed E-state index contributed by atoms with van der Waals surface area (Å²) in [6.45, 7) is 4.18. The molecule has 1 aromatic carbocycles. The summed E-state index contributed by atoms with van der Waals surface area (Å²) >= 11 is 3.37. The van der Waals surface area contributed by atoms with Gasteiger partial charge >= 0.3 is 0 Å². The summed E-state index contributed by atoms with van der Waals surface area (Å²) in [7, 11) is -3.75. The molecule has 0 radical (unpaired) electrons. The van der Waals surface area contributed by atoms with E-state index >= 15 is 0 Å². The van der Waals surface area contributed by atoms with Crippen LogP contribution < -0.4 is 10.5 Å². The van der Waals surface area contributed by atoms with Gasteiger partial charge in [0.25, 0.3) is 5.91 Å². The van der Waals surface area contributed by atoms with Crippen molar-refractivity contribution in [3.8, 4) is 0 Å². The van der Waals surface area contributed by atoms with Gasteiger partial charge in [0.1, 0.15) is 5.69 Å². The van der Waals surface area contributed by atoms with Crippen LogP contribution in [0.25, 0.3) is 0 Å². The van der Waals surface area contributed by atoms with Crippen molar-refractivity contribution in [1.29, 1.82) is 0 Å². The molecular weight excluding hydrogens is 382 g/mol. The van der Waals surface area contributed by atoms with Gasteiger partial charge in [-0.3, -0.25) is 4.79 Å². The molecule has 0 atom stereocenters. The first kappa shape index (κ1) is 17.7. The molecule has 23 heavy (non-hydrogen) atoms. The van der Waals surface area contributed by atoms with Gasteiger partial charge in [-0.25, -0.2) is 13.6 Å². The third-order valence-electron chi connectivity index (χ3n) is 3.28. The molecule has 8 heteroatoms. The number of amides is 1. The summed E-state index contributed by atoms with van der Waals surface area (Å²) < 4.78 is 25.4. The van der Waals surface area contributed by atoms with Crippen LogP contribution in [0.4, 0.5) is 0 Å². The Morgan fingerprint density at radius 1 is 1.35 bits per heavy atom. The van der Waals surface area contributed by atoms with Crippen LogP contribution in [0, 0.1) is 0 Å². The molecule has 0 saturated carbocycles. The molecule has 0 aliphatic carbocycles. The number of nitrogens with two attached hydrogens (primary N) is 1. The summed E-state index contributed by atoms with van der Waals surface area (Å²) in [5.41, 5.74) is 1.20. The number of primary sulfonamides is 1. The standard InChI is InChI=1S/C15H18BrN3O3S/c1-10(2)19-9-12(16)7-14(19)15(20)18-8-11-4-3-5-13(6-11)23(17,21)22/h3-7,9-10H,8H2,1-2H3,(H,18,20)(H2,17,21,22). The van der Waals surface area contributed by atoms with Gasteiger partial charge in [0.2, 0.25) is 10.0 Å². The first-order valence-electron chi connectivity index (χ1n) is 6.96. The Hall–Kier alpha value is -1.64. The quantitative estimate of drug-likeness (QED) is 0.807. The number of hydrogen-bond donors (Lipinski definition) is 2. The van der Waals surface area contributed by atoms with E-state index in [1.807, 2.05) is 24.6 Å². The fourth-order valence-electron chi connectivity index (χ4n) is 2.16. The summed E-state index contributed by atoms with van der Waals surface area (Å²) in [6.07, 6.45) is 1.85. The second kappa shape index (κ2) is 6.86. The van der Waals surface area contributed by atoms with Crippen molar-refractivity contribution in [2.24, 2.45) is 5.14 Å². The molecule has 3 N–H and O–H groups in total. The molecule has 6 nitrogen and oxygen atoms in total. The molecule has 0 unspecified atom stereocenters. The first-order chi connectivity index (χ1) is 10.7. The maximum Gasteiger partial charge on any atom is 0.268 e. The molecule has 2 rings (SSSR count). The number of rotatable bonds is 5. The highest BCUT2D eigenvalue weighted by Gasteiger charge is 2.15. The number of carbonyl (C=O) groups is 1. The Balaban J connectivity index is 2.14. The zero-order valence-electron chi connectivity index (χ0n) is 12.8. The minimum atomic E-state index is -3.75. The summed E-state index contributed by atoms with van der Waals surface area (Å²) in [5, 5.41) is 7.89. The van der Waals surface area contributed by atoms with E-state index in [-0.39, 0.29) is 23.4 Å². The number of carbonyl (C=O) groups excluding carboxylic acids is 1. The smallest absolute Gasteiger partial charge is 0.268 e. The number of nitrogens with one attached hydrogen (secondary N) is 1. The van der Waals surface area contributed by atoms with Gasteiger partial charge < -0.3 is 9.88 Å². The van der Waals surface area contributed by atoms with Crippen molar-refractivity contribution in [2.75, 3.05) is 0 Å². The van der Waals surface area contributed by atoms with E-state index in [4.69, 9.17) is 5.14 Å². The van der Waals surface area contributed by atoms with Crippen LogP contribution in [0.15, 0.2) is 45.9 Å². The van der Waals surface area contributed by atoms with Crippen LogP contribution in [-0.4, -0.2) is 18.9 Å². The van der Waals surface area contributed by atoms with E-state index in [2.05, 4.69) is 21.2 Å². The molecule has 124 valence electrons. The lowest BCUT2D eigenvalue weighted by Crippen LogP contribution is -2.26. The Labute approximate surface area is 143 Å². The fraction of sp³-hybridized carbons (Fsp3) is 0.267. The molecule has 1 aromatic heterocycles. The topological polar surface area (TPSA) is 94.2 Å². The van der Waals surface area contributed by atoms with Crippen molar-refractivity contribution in [2.45, 2.75) is 31.3 Å². The third-order valence-corrected chi connectivity index (χ3v) is 4.63. The number of hydrogen-bond acceptors (Lipinski definition) is 3. The maximum absolute atomic E-state index is 12.3. The molecule has 1 heterocycles. The summed E-state index contributed by atoms with van der Waals surface area (Å²) in [6, 6.07) is 8.08. The molecule has 2 aromatic rings. The molecule has 0 bridgehead atoms. The molecule has 0 aliphatic heterocycles.